The van der Waals surface area contributed by atoms with Crippen molar-refractivity contribution in [3.05, 3.63) is 23.8 Å². The molecule has 7 nitrogen and oxygen atoms in total. The van der Waals surface area contributed by atoms with Gasteiger partial charge in [-0.25, -0.2) is 0 Å². The maximum atomic E-state index is 11.3. The molecule has 2 aliphatic heterocycles. The Bertz CT molecular complexity index is 641. The van der Waals surface area contributed by atoms with E-state index in [-0.39, 0.29) is 18.4 Å². The molecule has 3 N–H and O–H groups in total. The maximum Gasteiger partial charge on any atom is 0.220 e. The van der Waals surface area contributed by atoms with Crippen LogP contribution in [0.25, 0.3) is 0 Å². The molecule has 0 aromatic heterocycles. The first-order valence-corrected chi connectivity index (χ1v) is 10.3. The van der Waals surface area contributed by atoms with Gasteiger partial charge < -0.3 is 25.2 Å². The summed E-state index contributed by atoms with van der Waals surface area (Å²) in [4.78, 5) is 15.9. The molecule has 1 aromatic carbocycles. The minimum absolute atomic E-state index is 0.00288. The fraction of sp³-hybridized carbons (Fsp3) is 0.667. The van der Waals surface area contributed by atoms with E-state index in [9.17, 15) is 9.90 Å². The van der Waals surface area contributed by atoms with E-state index < -0.39 is 6.10 Å². The number of aliphatic hydroxyl groups is 1. The van der Waals surface area contributed by atoms with Gasteiger partial charge in [0.05, 0.1) is 7.11 Å². The van der Waals surface area contributed by atoms with Crippen molar-refractivity contribution in [1.29, 1.82) is 0 Å². The van der Waals surface area contributed by atoms with Crippen molar-refractivity contribution in [2.45, 2.75) is 38.3 Å². The highest BCUT2D eigenvalue weighted by atomic mass is 16.5. The fourth-order valence-electron chi connectivity index (χ4n) is 4.07. The first-order valence-electron chi connectivity index (χ1n) is 10.3. The van der Waals surface area contributed by atoms with E-state index in [0.29, 0.717) is 18.0 Å². The van der Waals surface area contributed by atoms with Gasteiger partial charge in [0.15, 0.2) is 11.5 Å². The lowest BCUT2D eigenvalue weighted by atomic mass is 9.96. The van der Waals surface area contributed by atoms with Gasteiger partial charge in [0, 0.05) is 19.0 Å². The van der Waals surface area contributed by atoms with Crippen molar-refractivity contribution >= 4 is 5.91 Å². The van der Waals surface area contributed by atoms with Gasteiger partial charge in [0.25, 0.3) is 0 Å². The summed E-state index contributed by atoms with van der Waals surface area (Å²) in [6.07, 6.45) is 3.54. The van der Waals surface area contributed by atoms with Crippen LogP contribution in [0.15, 0.2) is 18.2 Å². The second-order valence-electron chi connectivity index (χ2n) is 7.91. The van der Waals surface area contributed by atoms with E-state index in [0.717, 1.165) is 51.1 Å². The summed E-state index contributed by atoms with van der Waals surface area (Å²) >= 11 is 0. The van der Waals surface area contributed by atoms with E-state index >= 15 is 0 Å². The number of amides is 1. The lowest BCUT2D eigenvalue weighted by molar-refractivity contribution is -0.123. The number of carbonyl (C=O) groups excluding carboxylic acids is 1. The number of nitrogens with zero attached hydrogens (tertiary/aromatic N) is 2. The van der Waals surface area contributed by atoms with Crippen LogP contribution in [0.1, 0.15) is 31.2 Å². The number of primary amides is 1. The predicted octanol–water partition coefficient (Wildman–Crippen LogP) is 1.23. The zero-order valence-corrected chi connectivity index (χ0v) is 16.8. The third kappa shape index (κ3) is 5.83. The molecule has 3 rings (SSSR count). The predicted molar refractivity (Wildman–Crippen MR) is 107 cm³/mol. The quantitative estimate of drug-likeness (QED) is 0.658. The fourth-order valence-corrected chi connectivity index (χ4v) is 4.07. The highest BCUT2D eigenvalue weighted by molar-refractivity contribution is 5.76. The van der Waals surface area contributed by atoms with E-state index in [1.165, 1.54) is 12.8 Å². The van der Waals surface area contributed by atoms with Gasteiger partial charge >= 0.3 is 0 Å². The average Bonchev–Trinajstić information content (AvgIpc) is 3.20. The van der Waals surface area contributed by atoms with Crippen LogP contribution in [-0.4, -0.2) is 73.4 Å². The lowest BCUT2D eigenvalue weighted by Gasteiger charge is -2.30. The summed E-state index contributed by atoms with van der Waals surface area (Å²) in [5, 5.41) is 10.3. The number of likely N-dealkylation sites (tertiary alicyclic amines) is 2. The molecule has 1 unspecified atom stereocenters. The van der Waals surface area contributed by atoms with E-state index in [4.69, 9.17) is 15.2 Å². The van der Waals surface area contributed by atoms with Crippen molar-refractivity contribution in [3.8, 4) is 11.5 Å². The first-order chi connectivity index (χ1) is 13.5. The van der Waals surface area contributed by atoms with Crippen molar-refractivity contribution in [2.24, 2.45) is 11.7 Å². The number of carbonyl (C=O) groups is 1. The van der Waals surface area contributed by atoms with Gasteiger partial charge in [-0.05, 0) is 69.6 Å². The molecule has 7 heteroatoms. The summed E-state index contributed by atoms with van der Waals surface area (Å²) in [7, 11) is 1.62. The van der Waals surface area contributed by atoms with Crippen LogP contribution >= 0.6 is 0 Å². The molecule has 2 aliphatic rings. The summed E-state index contributed by atoms with van der Waals surface area (Å²) in [6, 6.07) is 5.93. The third-order valence-electron chi connectivity index (χ3n) is 5.72. The van der Waals surface area contributed by atoms with Crippen molar-refractivity contribution in [2.75, 3.05) is 46.4 Å². The summed E-state index contributed by atoms with van der Waals surface area (Å²) < 4.78 is 11.3. The van der Waals surface area contributed by atoms with Gasteiger partial charge in [0.2, 0.25) is 5.91 Å². The number of methoxy groups -OCH3 is 1. The van der Waals surface area contributed by atoms with Crippen LogP contribution in [0, 0.1) is 5.92 Å². The number of ether oxygens (including phenoxy) is 2. The van der Waals surface area contributed by atoms with Gasteiger partial charge in [-0.2, -0.15) is 0 Å². The highest BCUT2D eigenvalue weighted by Crippen LogP contribution is 2.29. The third-order valence-corrected chi connectivity index (χ3v) is 5.72. The molecule has 156 valence electrons. The molecule has 0 bridgehead atoms. The van der Waals surface area contributed by atoms with Gasteiger partial charge in [-0.15, -0.1) is 0 Å². The topological polar surface area (TPSA) is 88.3 Å². The van der Waals surface area contributed by atoms with Gasteiger partial charge in [-0.3, -0.25) is 9.69 Å². The first kappa shape index (κ1) is 20.9. The summed E-state index contributed by atoms with van der Waals surface area (Å²) in [6.45, 7) is 5.54. The van der Waals surface area contributed by atoms with Crippen LogP contribution in [0.3, 0.4) is 0 Å². The molecule has 1 amide bonds. The number of hydrogen-bond donors (Lipinski definition) is 2. The molecule has 2 heterocycles. The molecule has 2 saturated heterocycles. The number of hydrogen-bond acceptors (Lipinski definition) is 6. The Morgan fingerprint density at radius 2 is 1.89 bits per heavy atom. The van der Waals surface area contributed by atoms with Gasteiger partial charge in [0.1, 0.15) is 12.7 Å². The second kappa shape index (κ2) is 10.1. The van der Waals surface area contributed by atoms with Crippen LogP contribution in [0.2, 0.25) is 0 Å². The minimum atomic E-state index is -0.515. The Morgan fingerprint density at radius 1 is 1.18 bits per heavy atom. The molecular weight excluding hydrogens is 358 g/mol. The smallest absolute Gasteiger partial charge is 0.220 e. The Kier molecular flexibility index (Phi) is 7.53. The van der Waals surface area contributed by atoms with E-state index in [1.807, 2.05) is 18.2 Å². The SMILES string of the molecule is COc1ccc(CN2CCC(C(N)=O)CC2)cc1OCC(O)CN1CCCC1. The second-order valence-corrected chi connectivity index (χ2v) is 7.91. The minimum Gasteiger partial charge on any atom is -0.493 e. The van der Waals surface area contributed by atoms with E-state index in [2.05, 4.69) is 9.80 Å². The summed E-state index contributed by atoms with van der Waals surface area (Å²) in [5.74, 6) is 1.15. The zero-order valence-electron chi connectivity index (χ0n) is 16.8. The Labute approximate surface area is 167 Å². The van der Waals surface area contributed by atoms with E-state index in [1.54, 1.807) is 7.11 Å². The van der Waals surface area contributed by atoms with Crippen LogP contribution < -0.4 is 15.2 Å². The lowest BCUT2D eigenvalue weighted by Crippen LogP contribution is -2.38. The molecular formula is C21H33N3O4. The molecule has 0 spiro atoms. The molecule has 0 saturated carbocycles. The maximum absolute atomic E-state index is 11.3. The zero-order chi connectivity index (χ0) is 19.9. The van der Waals surface area contributed by atoms with Crippen molar-refractivity contribution in [3.63, 3.8) is 0 Å². The van der Waals surface area contributed by atoms with Gasteiger partial charge in [-0.1, -0.05) is 6.07 Å². The Hall–Kier alpha value is -1.83. The average molecular weight is 392 g/mol. The van der Waals surface area contributed by atoms with Crippen LogP contribution in [0.5, 0.6) is 11.5 Å². The molecule has 2 fully saturated rings. The number of nitrogens with two attached hydrogens (primary N) is 1. The largest absolute Gasteiger partial charge is 0.493 e. The molecule has 0 aliphatic carbocycles. The Balaban J connectivity index is 1.53. The number of rotatable bonds is 9. The number of benzene rings is 1. The van der Waals surface area contributed by atoms with Crippen LogP contribution in [0.4, 0.5) is 0 Å². The normalized spacial score (nSPS) is 20.2. The number of aliphatic hydroxyl groups excluding tert-OH is 1. The van der Waals surface area contributed by atoms with Crippen molar-refractivity contribution in [1.82, 2.24) is 9.80 Å². The van der Waals surface area contributed by atoms with Crippen LogP contribution in [-0.2, 0) is 11.3 Å². The standard InChI is InChI=1S/C21H33N3O4/c1-27-19-5-4-16(13-24-10-6-17(7-11-24)21(22)26)12-20(19)28-15-18(25)14-23-8-2-3-9-23/h4-5,12,17-18,25H,2-3,6-11,13-15H2,1H3,(H2,22,26). The molecule has 0 radical (unpaired) electrons. The monoisotopic (exact) mass is 391 g/mol. The molecule has 28 heavy (non-hydrogen) atoms. The summed E-state index contributed by atoms with van der Waals surface area (Å²) in [5.41, 5.74) is 6.54. The molecule has 1 aromatic rings. The highest BCUT2D eigenvalue weighted by Gasteiger charge is 2.23. The van der Waals surface area contributed by atoms with Crippen molar-refractivity contribution < 1.29 is 19.4 Å². The Morgan fingerprint density at radius 3 is 2.54 bits per heavy atom. The number of piperidine rings is 1. The molecule has 1 atom stereocenters. The number of β-amino-alcohol motifs (C(OH)–C–C–N with tert-alkyl or cyclic N) is 1.